The zero-order chi connectivity index (χ0) is 11.5. The SMILES string of the molecule is OCCCCCNCCOC1CCCCC1. The van der Waals surface area contributed by atoms with E-state index in [1.54, 1.807) is 0 Å². The van der Waals surface area contributed by atoms with E-state index in [-0.39, 0.29) is 0 Å². The van der Waals surface area contributed by atoms with E-state index in [4.69, 9.17) is 9.84 Å². The fourth-order valence-corrected chi connectivity index (χ4v) is 2.19. The molecule has 0 heterocycles. The molecule has 0 atom stereocenters. The van der Waals surface area contributed by atoms with Crippen molar-refractivity contribution in [2.45, 2.75) is 57.5 Å². The van der Waals surface area contributed by atoms with Crippen LogP contribution in [0.2, 0.25) is 0 Å². The fraction of sp³-hybridized carbons (Fsp3) is 1.00. The van der Waals surface area contributed by atoms with E-state index in [1.807, 2.05) is 0 Å². The predicted molar refractivity (Wildman–Crippen MR) is 66.6 cm³/mol. The van der Waals surface area contributed by atoms with Crippen LogP contribution in [0, 0.1) is 0 Å². The Hall–Kier alpha value is -0.120. The molecule has 0 bridgehead atoms. The van der Waals surface area contributed by atoms with Crippen molar-refractivity contribution < 1.29 is 9.84 Å². The molecule has 1 rings (SSSR count). The molecule has 96 valence electrons. The van der Waals surface area contributed by atoms with E-state index in [0.717, 1.165) is 39.0 Å². The highest BCUT2D eigenvalue weighted by Crippen LogP contribution is 2.19. The quantitative estimate of drug-likeness (QED) is 0.595. The van der Waals surface area contributed by atoms with Crippen molar-refractivity contribution in [1.29, 1.82) is 0 Å². The van der Waals surface area contributed by atoms with Gasteiger partial charge in [-0.15, -0.1) is 0 Å². The highest BCUT2D eigenvalue weighted by Gasteiger charge is 2.12. The molecule has 0 amide bonds. The predicted octanol–water partition coefficient (Wildman–Crippen LogP) is 2.09. The van der Waals surface area contributed by atoms with Crippen LogP contribution in [0.3, 0.4) is 0 Å². The summed E-state index contributed by atoms with van der Waals surface area (Å²) in [5.41, 5.74) is 0. The maximum atomic E-state index is 8.61. The molecule has 1 saturated carbocycles. The molecule has 0 unspecified atom stereocenters. The highest BCUT2D eigenvalue weighted by molar-refractivity contribution is 4.65. The number of aliphatic hydroxyl groups is 1. The second-order valence-corrected chi connectivity index (χ2v) is 4.67. The first-order chi connectivity index (χ1) is 7.93. The number of hydrogen-bond acceptors (Lipinski definition) is 3. The first kappa shape index (κ1) is 13.9. The molecule has 2 N–H and O–H groups in total. The Bertz CT molecular complexity index is 147. The number of aliphatic hydroxyl groups excluding tert-OH is 1. The van der Waals surface area contributed by atoms with E-state index in [2.05, 4.69) is 5.32 Å². The zero-order valence-corrected chi connectivity index (χ0v) is 10.4. The minimum Gasteiger partial charge on any atom is -0.396 e. The van der Waals surface area contributed by atoms with Crippen LogP contribution < -0.4 is 5.32 Å². The standard InChI is InChI=1S/C13H27NO2/c15-11-6-2-5-9-14-10-12-16-13-7-3-1-4-8-13/h13-15H,1-12H2. The number of unbranched alkanes of at least 4 members (excludes halogenated alkanes) is 2. The van der Waals surface area contributed by atoms with Crippen molar-refractivity contribution in [3.05, 3.63) is 0 Å². The molecule has 0 aromatic rings. The van der Waals surface area contributed by atoms with Crippen molar-refractivity contribution in [3.63, 3.8) is 0 Å². The van der Waals surface area contributed by atoms with Crippen LogP contribution >= 0.6 is 0 Å². The smallest absolute Gasteiger partial charge is 0.0594 e. The van der Waals surface area contributed by atoms with Crippen molar-refractivity contribution >= 4 is 0 Å². The molecule has 0 radical (unpaired) electrons. The first-order valence-electron chi connectivity index (χ1n) is 6.86. The summed E-state index contributed by atoms with van der Waals surface area (Å²) in [5, 5.41) is 12.0. The fourth-order valence-electron chi connectivity index (χ4n) is 2.19. The average molecular weight is 229 g/mol. The van der Waals surface area contributed by atoms with Crippen LogP contribution in [0.1, 0.15) is 51.4 Å². The topological polar surface area (TPSA) is 41.5 Å². The largest absolute Gasteiger partial charge is 0.396 e. The second kappa shape index (κ2) is 10.1. The van der Waals surface area contributed by atoms with Gasteiger partial charge in [-0.2, -0.15) is 0 Å². The molecule has 1 aliphatic rings. The summed E-state index contributed by atoms with van der Waals surface area (Å²) in [6.07, 6.45) is 10.3. The summed E-state index contributed by atoms with van der Waals surface area (Å²) in [4.78, 5) is 0. The molecular weight excluding hydrogens is 202 g/mol. The Morgan fingerprint density at radius 3 is 2.56 bits per heavy atom. The van der Waals surface area contributed by atoms with Crippen molar-refractivity contribution in [2.75, 3.05) is 26.3 Å². The van der Waals surface area contributed by atoms with Crippen LogP contribution in [0.4, 0.5) is 0 Å². The van der Waals surface area contributed by atoms with E-state index >= 15 is 0 Å². The molecule has 3 nitrogen and oxygen atoms in total. The molecule has 0 aliphatic heterocycles. The van der Waals surface area contributed by atoms with Gasteiger partial charge in [0.2, 0.25) is 0 Å². The second-order valence-electron chi connectivity index (χ2n) is 4.67. The molecule has 16 heavy (non-hydrogen) atoms. The van der Waals surface area contributed by atoms with Gasteiger partial charge in [0.05, 0.1) is 12.7 Å². The Balaban J connectivity index is 1.77. The van der Waals surface area contributed by atoms with Gasteiger partial charge in [-0.3, -0.25) is 0 Å². The maximum Gasteiger partial charge on any atom is 0.0594 e. The van der Waals surface area contributed by atoms with E-state index in [9.17, 15) is 0 Å². The minimum atomic E-state index is 0.324. The number of rotatable bonds is 9. The van der Waals surface area contributed by atoms with Gasteiger partial charge in [-0.1, -0.05) is 19.3 Å². The van der Waals surface area contributed by atoms with Gasteiger partial charge in [0.15, 0.2) is 0 Å². The summed E-state index contributed by atoms with van der Waals surface area (Å²) in [6.45, 7) is 3.19. The van der Waals surface area contributed by atoms with Crippen molar-refractivity contribution in [1.82, 2.24) is 5.32 Å². The Kier molecular flexibility index (Phi) is 8.77. The highest BCUT2D eigenvalue weighted by atomic mass is 16.5. The van der Waals surface area contributed by atoms with Crippen LogP contribution in [-0.2, 0) is 4.74 Å². The van der Waals surface area contributed by atoms with Crippen LogP contribution in [0.25, 0.3) is 0 Å². The van der Waals surface area contributed by atoms with Crippen molar-refractivity contribution in [2.24, 2.45) is 0 Å². The summed E-state index contributed by atoms with van der Waals surface area (Å²) in [5.74, 6) is 0. The third-order valence-electron chi connectivity index (χ3n) is 3.20. The molecule has 3 heteroatoms. The van der Waals surface area contributed by atoms with Crippen molar-refractivity contribution in [3.8, 4) is 0 Å². The van der Waals surface area contributed by atoms with E-state index in [0.29, 0.717) is 12.7 Å². The van der Waals surface area contributed by atoms with Gasteiger partial charge >= 0.3 is 0 Å². The maximum absolute atomic E-state index is 8.61. The Morgan fingerprint density at radius 2 is 1.81 bits per heavy atom. The number of hydrogen-bond donors (Lipinski definition) is 2. The van der Waals surface area contributed by atoms with Crippen LogP contribution in [-0.4, -0.2) is 37.5 Å². The van der Waals surface area contributed by atoms with Gasteiger partial charge < -0.3 is 15.2 Å². The molecule has 0 aromatic carbocycles. The lowest BCUT2D eigenvalue weighted by Crippen LogP contribution is -2.25. The van der Waals surface area contributed by atoms with Gasteiger partial charge in [0.1, 0.15) is 0 Å². The summed E-state index contributed by atoms with van der Waals surface area (Å²) < 4.78 is 5.81. The third kappa shape index (κ3) is 7.20. The zero-order valence-electron chi connectivity index (χ0n) is 10.4. The van der Waals surface area contributed by atoms with Gasteiger partial charge in [-0.25, -0.2) is 0 Å². The molecular formula is C13H27NO2. The summed E-state index contributed by atoms with van der Waals surface area (Å²) in [7, 11) is 0. The first-order valence-corrected chi connectivity index (χ1v) is 6.86. The molecule has 0 spiro atoms. The molecule has 1 aliphatic carbocycles. The lowest BCUT2D eigenvalue weighted by Gasteiger charge is -2.22. The third-order valence-corrected chi connectivity index (χ3v) is 3.20. The molecule has 0 aromatic heterocycles. The molecule has 1 fully saturated rings. The Morgan fingerprint density at radius 1 is 1.00 bits per heavy atom. The summed E-state index contributed by atoms with van der Waals surface area (Å²) in [6, 6.07) is 0. The normalized spacial score (nSPS) is 17.8. The number of ether oxygens (including phenoxy) is 1. The average Bonchev–Trinajstić information content (AvgIpc) is 2.34. The lowest BCUT2D eigenvalue weighted by atomic mass is 9.98. The van der Waals surface area contributed by atoms with Crippen LogP contribution in [0.5, 0.6) is 0 Å². The van der Waals surface area contributed by atoms with Gasteiger partial charge in [0, 0.05) is 13.2 Å². The number of nitrogens with one attached hydrogen (secondary N) is 1. The van der Waals surface area contributed by atoms with Crippen LogP contribution in [0.15, 0.2) is 0 Å². The minimum absolute atomic E-state index is 0.324. The lowest BCUT2D eigenvalue weighted by molar-refractivity contribution is 0.0303. The van der Waals surface area contributed by atoms with E-state index in [1.165, 1.54) is 32.1 Å². The monoisotopic (exact) mass is 229 g/mol. The van der Waals surface area contributed by atoms with Gasteiger partial charge in [0.25, 0.3) is 0 Å². The Labute approximate surface area is 99.6 Å². The molecule has 0 saturated heterocycles. The van der Waals surface area contributed by atoms with Gasteiger partial charge in [-0.05, 0) is 38.6 Å². The van der Waals surface area contributed by atoms with E-state index < -0.39 is 0 Å². The summed E-state index contributed by atoms with van der Waals surface area (Å²) >= 11 is 0.